The maximum absolute atomic E-state index is 10.4. The second kappa shape index (κ2) is 8.48. The lowest BCUT2D eigenvalue weighted by Gasteiger charge is -2.14. The molecule has 0 saturated heterocycles. The summed E-state index contributed by atoms with van der Waals surface area (Å²) in [6.45, 7) is 8.08. The van der Waals surface area contributed by atoms with Gasteiger partial charge in [0.25, 0.3) is 0 Å². The van der Waals surface area contributed by atoms with E-state index >= 15 is 0 Å². The number of hydrogen-bond acceptors (Lipinski definition) is 5. The van der Waals surface area contributed by atoms with Crippen molar-refractivity contribution in [2.24, 2.45) is 20.5 Å². The van der Waals surface area contributed by atoms with Crippen molar-refractivity contribution in [2.45, 2.75) is 27.7 Å². The van der Waals surface area contributed by atoms with E-state index in [1.807, 2.05) is 88.4 Å². The number of phenolic OH excluding ortho intramolecular Hbond substituents is 1. The first-order valence-corrected chi connectivity index (χ1v) is 10.2. The van der Waals surface area contributed by atoms with Gasteiger partial charge in [-0.2, -0.15) is 5.11 Å². The van der Waals surface area contributed by atoms with Crippen LogP contribution < -0.4 is 0 Å². The molecule has 1 N–H and O–H groups in total. The highest BCUT2D eigenvalue weighted by Crippen LogP contribution is 2.41. The second-order valence-corrected chi connectivity index (χ2v) is 7.59. The number of aromatic hydroxyl groups is 1. The molecule has 4 aromatic carbocycles. The highest BCUT2D eigenvalue weighted by atomic mass is 16.3. The van der Waals surface area contributed by atoms with Crippen LogP contribution in [0.25, 0.3) is 10.8 Å². The molecule has 0 fully saturated rings. The molecule has 0 aromatic heterocycles. The average Bonchev–Trinajstić information content (AvgIpc) is 2.79. The van der Waals surface area contributed by atoms with Gasteiger partial charge in [-0.1, -0.05) is 48.5 Å². The molecule has 4 aromatic rings. The van der Waals surface area contributed by atoms with E-state index < -0.39 is 0 Å². The van der Waals surface area contributed by atoms with Gasteiger partial charge >= 0.3 is 0 Å². The van der Waals surface area contributed by atoms with E-state index in [9.17, 15) is 5.11 Å². The van der Waals surface area contributed by atoms with E-state index in [1.54, 1.807) is 6.07 Å². The van der Waals surface area contributed by atoms with Gasteiger partial charge in [0.1, 0.15) is 11.4 Å². The van der Waals surface area contributed by atoms with Crippen molar-refractivity contribution in [1.29, 1.82) is 0 Å². The molecule has 0 bridgehead atoms. The lowest BCUT2D eigenvalue weighted by Crippen LogP contribution is -1.92. The maximum Gasteiger partial charge on any atom is 0.143 e. The summed E-state index contributed by atoms with van der Waals surface area (Å²) >= 11 is 0. The third-order valence-electron chi connectivity index (χ3n) is 5.70. The summed E-state index contributed by atoms with van der Waals surface area (Å²) in [6, 6.07) is 21.0. The SMILES string of the molecule is Cc1c(C)c(N=Nc2c(O)ccc3ccccc23)c(C)c(C)c1N=Nc1ccccc1. The number of azo groups is 2. The summed E-state index contributed by atoms with van der Waals surface area (Å²) < 4.78 is 0. The zero-order valence-corrected chi connectivity index (χ0v) is 18.1. The Bertz CT molecular complexity index is 1300. The standard InChI is InChI=1S/C26H24N4O/c1-16-18(3)25(19(4)17(2)24(16)28-27-21-11-6-5-7-12-21)29-30-26-22-13-9-8-10-20(22)14-15-23(26)31/h5-15,31H,1-4H3. The molecule has 0 heterocycles. The molecule has 154 valence electrons. The Morgan fingerprint density at radius 2 is 1.03 bits per heavy atom. The van der Waals surface area contributed by atoms with Gasteiger partial charge in [-0.15, -0.1) is 15.3 Å². The van der Waals surface area contributed by atoms with E-state index in [1.165, 1.54) is 0 Å². The topological polar surface area (TPSA) is 69.7 Å². The second-order valence-electron chi connectivity index (χ2n) is 7.59. The zero-order valence-electron chi connectivity index (χ0n) is 18.1. The van der Waals surface area contributed by atoms with E-state index in [4.69, 9.17) is 0 Å². The summed E-state index contributed by atoms with van der Waals surface area (Å²) in [7, 11) is 0. The molecule has 0 amide bonds. The van der Waals surface area contributed by atoms with E-state index in [-0.39, 0.29) is 5.75 Å². The Kier molecular flexibility index (Phi) is 5.58. The molecule has 0 aliphatic carbocycles. The van der Waals surface area contributed by atoms with Crippen molar-refractivity contribution in [3.8, 4) is 5.75 Å². The van der Waals surface area contributed by atoms with Crippen molar-refractivity contribution in [2.75, 3.05) is 0 Å². The van der Waals surface area contributed by atoms with Gasteiger partial charge in [-0.25, -0.2) is 0 Å². The Morgan fingerprint density at radius 1 is 0.516 bits per heavy atom. The van der Waals surface area contributed by atoms with Crippen molar-refractivity contribution < 1.29 is 5.11 Å². The molecule has 0 saturated carbocycles. The minimum Gasteiger partial charge on any atom is -0.506 e. The van der Waals surface area contributed by atoms with Crippen LogP contribution >= 0.6 is 0 Å². The largest absolute Gasteiger partial charge is 0.506 e. The molecule has 4 rings (SSSR count). The number of rotatable bonds is 4. The molecule has 0 atom stereocenters. The van der Waals surface area contributed by atoms with Crippen LogP contribution in [0.2, 0.25) is 0 Å². The number of hydrogen-bond donors (Lipinski definition) is 1. The zero-order chi connectivity index (χ0) is 22.0. The van der Waals surface area contributed by atoms with E-state index in [0.717, 1.165) is 50.1 Å². The fourth-order valence-electron chi connectivity index (χ4n) is 3.62. The lowest BCUT2D eigenvalue weighted by molar-refractivity contribution is 0.477. The number of benzene rings is 4. The summed E-state index contributed by atoms with van der Waals surface area (Å²) in [5.74, 6) is 0.111. The first-order chi connectivity index (χ1) is 15.0. The van der Waals surface area contributed by atoms with Crippen molar-refractivity contribution in [3.63, 3.8) is 0 Å². The Labute approximate surface area is 181 Å². The first-order valence-electron chi connectivity index (χ1n) is 10.2. The van der Waals surface area contributed by atoms with Gasteiger partial charge in [0.05, 0.1) is 17.1 Å². The molecule has 5 heteroatoms. The summed E-state index contributed by atoms with van der Waals surface area (Å²) in [5, 5.41) is 30.2. The number of phenols is 1. The van der Waals surface area contributed by atoms with Gasteiger partial charge in [0.2, 0.25) is 0 Å². The minimum atomic E-state index is 0.111. The van der Waals surface area contributed by atoms with Crippen LogP contribution in [0.5, 0.6) is 5.75 Å². The number of fused-ring (bicyclic) bond motifs is 1. The molecule has 31 heavy (non-hydrogen) atoms. The maximum atomic E-state index is 10.4. The summed E-state index contributed by atoms with van der Waals surface area (Å²) in [4.78, 5) is 0. The van der Waals surface area contributed by atoms with Crippen molar-refractivity contribution in [1.82, 2.24) is 0 Å². The molecule has 0 radical (unpaired) electrons. The number of nitrogens with zero attached hydrogens (tertiary/aromatic N) is 4. The minimum absolute atomic E-state index is 0.111. The quantitative estimate of drug-likeness (QED) is 0.337. The van der Waals surface area contributed by atoms with Gasteiger partial charge < -0.3 is 5.11 Å². The van der Waals surface area contributed by atoms with Crippen LogP contribution in [0.15, 0.2) is 87.2 Å². The lowest BCUT2D eigenvalue weighted by atomic mass is 9.96. The first kappa shape index (κ1) is 20.4. The molecule has 5 nitrogen and oxygen atoms in total. The van der Waals surface area contributed by atoms with Crippen LogP contribution in [0.3, 0.4) is 0 Å². The fourth-order valence-corrected chi connectivity index (χ4v) is 3.62. The fraction of sp³-hybridized carbons (Fsp3) is 0.154. The van der Waals surface area contributed by atoms with Gasteiger partial charge in [-0.3, -0.25) is 0 Å². The monoisotopic (exact) mass is 408 g/mol. The van der Waals surface area contributed by atoms with Crippen molar-refractivity contribution in [3.05, 3.63) is 89.0 Å². The van der Waals surface area contributed by atoms with Crippen LogP contribution in [0.4, 0.5) is 22.7 Å². The van der Waals surface area contributed by atoms with Crippen LogP contribution in [0, 0.1) is 27.7 Å². The summed E-state index contributed by atoms with van der Waals surface area (Å²) in [6.07, 6.45) is 0. The summed E-state index contributed by atoms with van der Waals surface area (Å²) in [5.41, 5.74) is 6.94. The van der Waals surface area contributed by atoms with Gasteiger partial charge in [0, 0.05) is 5.39 Å². The van der Waals surface area contributed by atoms with Gasteiger partial charge in [0.15, 0.2) is 0 Å². The third kappa shape index (κ3) is 3.94. The normalized spacial score (nSPS) is 11.7. The van der Waals surface area contributed by atoms with Gasteiger partial charge in [-0.05, 0) is 73.5 Å². The van der Waals surface area contributed by atoms with Crippen LogP contribution in [0.1, 0.15) is 22.3 Å². The third-order valence-corrected chi connectivity index (χ3v) is 5.70. The Balaban J connectivity index is 1.77. The average molecular weight is 409 g/mol. The molecule has 0 spiro atoms. The highest BCUT2D eigenvalue weighted by molar-refractivity contribution is 5.95. The molecular formula is C26H24N4O. The van der Waals surface area contributed by atoms with E-state index in [2.05, 4.69) is 20.5 Å². The molecule has 0 aliphatic rings. The van der Waals surface area contributed by atoms with Crippen LogP contribution in [-0.4, -0.2) is 5.11 Å². The molecule has 0 unspecified atom stereocenters. The van der Waals surface area contributed by atoms with E-state index in [0.29, 0.717) is 5.69 Å². The van der Waals surface area contributed by atoms with Crippen LogP contribution in [-0.2, 0) is 0 Å². The predicted molar refractivity (Wildman–Crippen MR) is 126 cm³/mol. The Hall–Kier alpha value is -3.86. The molecule has 0 aliphatic heterocycles. The Morgan fingerprint density at radius 3 is 1.68 bits per heavy atom. The highest BCUT2D eigenvalue weighted by Gasteiger charge is 2.15. The predicted octanol–water partition coefficient (Wildman–Crippen LogP) is 8.61. The smallest absolute Gasteiger partial charge is 0.143 e. The molecular weight excluding hydrogens is 384 g/mol. The van der Waals surface area contributed by atoms with Crippen molar-refractivity contribution >= 4 is 33.5 Å².